The molecule has 0 bridgehead atoms. The normalized spacial score (nSPS) is 21.6. The van der Waals surface area contributed by atoms with Crippen molar-refractivity contribution in [3.8, 4) is 0 Å². The van der Waals surface area contributed by atoms with Crippen LogP contribution in [0, 0.1) is 0 Å². The first-order chi connectivity index (χ1) is 12.1. The fourth-order valence-corrected chi connectivity index (χ4v) is 3.31. The number of urea groups is 1. The molecule has 2 fully saturated rings. The van der Waals surface area contributed by atoms with E-state index in [9.17, 15) is 14.4 Å². The lowest BCUT2D eigenvalue weighted by atomic mass is 10.1. The molecule has 2 heterocycles. The highest BCUT2D eigenvalue weighted by atomic mass is 16.2. The average molecular weight is 344 g/mol. The monoisotopic (exact) mass is 344 g/mol. The van der Waals surface area contributed by atoms with E-state index in [1.807, 2.05) is 23.1 Å². The van der Waals surface area contributed by atoms with Gasteiger partial charge in [0.1, 0.15) is 6.04 Å². The molecule has 0 saturated carbocycles. The molecule has 7 nitrogen and oxygen atoms in total. The maximum Gasteiger partial charge on any atom is 0.322 e. The highest BCUT2D eigenvalue weighted by Crippen LogP contribution is 2.11. The number of imide groups is 1. The Bertz CT molecular complexity index is 634. The molecule has 134 valence electrons. The van der Waals surface area contributed by atoms with Crippen LogP contribution in [0.15, 0.2) is 30.3 Å². The number of nitrogens with one attached hydrogen (secondary N) is 2. The molecular formula is C18H24N4O3. The van der Waals surface area contributed by atoms with Crippen LogP contribution in [0.4, 0.5) is 4.79 Å². The Morgan fingerprint density at radius 2 is 1.88 bits per heavy atom. The molecule has 1 aromatic rings. The van der Waals surface area contributed by atoms with Crippen LogP contribution in [0.1, 0.15) is 24.8 Å². The molecule has 25 heavy (non-hydrogen) atoms. The van der Waals surface area contributed by atoms with Gasteiger partial charge in [-0.1, -0.05) is 30.3 Å². The van der Waals surface area contributed by atoms with Crippen LogP contribution in [0.3, 0.4) is 0 Å². The van der Waals surface area contributed by atoms with Gasteiger partial charge in [0.15, 0.2) is 0 Å². The highest BCUT2D eigenvalue weighted by Gasteiger charge is 2.30. The van der Waals surface area contributed by atoms with Crippen molar-refractivity contribution in [3.63, 3.8) is 0 Å². The zero-order valence-electron chi connectivity index (χ0n) is 14.2. The van der Waals surface area contributed by atoms with Gasteiger partial charge in [-0.2, -0.15) is 0 Å². The van der Waals surface area contributed by atoms with E-state index in [1.54, 1.807) is 0 Å². The van der Waals surface area contributed by atoms with Gasteiger partial charge >= 0.3 is 6.03 Å². The number of hydrogen-bond donors (Lipinski definition) is 2. The van der Waals surface area contributed by atoms with Crippen LogP contribution in [0.25, 0.3) is 0 Å². The summed E-state index contributed by atoms with van der Waals surface area (Å²) in [5, 5.41) is 4.72. The fourth-order valence-electron chi connectivity index (χ4n) is 3.31. The summed E-state index contributed by atoms with van der Waals surface area (Å²) in [6.07, 6.45) is 1.57. The molecule has 0 aliphatic carbocycles. The summed E-state index contributed by atoms with van der Waals surface area (Å²) in [6.45, 7) is 4.17. The molecule has 2 saturated heterocycles. The topological polar surface area (TPSA) is 81.8 Å². The number of benzene rings is 1. The zero-order valence-corrected chi connectivity index (χ0v) is 14.2. The molecule has 0 spiro atoms. The Hall–Kier alpha value is -2.41. The van der Waals surface area contributed by atoms with Crippen molar-refractivity contribution < 1.29 is 14.4 Å². The number of hydrogen-bond acceptors (Lipinski definition) is 4. The van der Waals surface area contributed by atoms with E-state index in [4.69, 9.17) is 0 Å². The first kappa shape index (κ1) is 17.4. The third kappa shape index (κ3) is 4.79. The first-order valence-corrected chi connectivity index (χ1v) is 8.77. The Morgan fingerprint density at radius 3 is 2.60 bits per heavy atom. The van der Waals surface area contributed by atoms with E-state index in [0.29, 0.717) is 13.0 Å². The van der Waals surface area contributed by atoms with Crippen molar-refractivity contribution in [1.82, 2.24) is 20.4 Å². The minimum absolute atomic E-state index is 0.0514. The second kappa shape index (κ2) is 8.11. The second-order valence-corrected chi connectivity index (χ2v) is 6.55. The lowest BCUT2D eigenvalue weighted by Gasteiger charge is -2.22. The summed E-state index contributed by atoms with van der Waals surface area (Å²) in [5.74, 6) is -0.293. The number of carbonyl (C=O) groups is 3. The number of rotatable bonds is 5. The van der Waals surface area contributed by atoms with Gasteiger partial charge < -0.3 is 10.2 Å². The average Bonchev–Trinajstić information content (AvgIpc) is 2.79. The number of amides is 4. The standard InChI is InChI=1S/C18H24N4O3/c23-16(8-7-15-17(24)20-18(25)19-15)22-10-4-9-21(11-12-22)13-14-5-2-1-3-6-14/h1-3,5-6,15H,4,7-13H2,(H2,19,20,24,25). The van der Waals surface area contributed by atoms with Crippen molar-refractivity contribution in [2.75, 3.05) is 26.2 Å². The minimum atomic E-state index is -0.585. The van der Waals surface area contributed by atoms with E-state index >= 15 is 0 Å². The molecule has 2 N–H and O–H groups in total. The highest BCUT2D eigenvalue weighted by molar-refractivity contribution is 6.04. The maximum atomic E-state index is 12.4. The van der Waals surface area contributed by atoms with Crippen LogP contribution < -0.4 is 10.6 Å². The predicted molar refractivity (Wildman–Crippen MR) is 92.6 cm³/mol. The van der Waals surface area contributed by atoms with Crippen molar-refractivity contribution in [2.45, 2.75) is 31.8 Å². The summed E-state index contributed by atoms with van der Waals surface area (Å²) < 4.78 is 0. The quantitative estimate of drug-likeness (QED) is 0.771. The summed E-state index contributed by atoms with van der Waals surface area (Å²) in [6, 6.07) is 9.27. The van der Waals surface area contributed by atoms with Gasteiger partial charge in [0.25, 0.3) is 5.91 Å². The van der Waals surface area contributed by atoms with E-state index in [0.717, 1.165) is 32.6 Å². The summed E-state index contributed by atoms with van der Waals surface area (Å²) in [5.41, 5.74) is 1.28. The van der Waals surface area contributed by atoms with Gasteiger partial charge in [0.2, 0.25) is 5.91 Å². The van der Waals surface area contributed by atoms with Crippen LogP contribution in [-0.4, -0.2) is 59.9 Å². The van der Waals surface area contributed by atoms with Gasteiger partial charge in [-0.05, 0) is 18.4 Å². The summed E-state index contributed by atoms with van der Waals surface area (Å²) >= 11 is 0. The maximum absolute atomic E-state index is 12.4. The lowest BCUT2D eigenvalue weighted by molar-refractivity contribution is -0.131. The molecule has 0 aromatic heterocycles. The molecule has 1 unspecified atom stereocenters. The molecule has 2 aliphatic heterocycles. The van der Waals surface area contributed by atoms with Gasteiger partial charge in [-0.15, -0.1) is 0 Å². The Morgan fingerprint density at radius 1 is 1.08 bits per heavy atom. The van der Waals surface area contributed by atoms with Crippen molar-refractivity contribution >= 4 is 17.8 Å². The van der Waals surface area contributed by atoms with Crippen molar-refractivity contribution in [3.05, 3.63) is 35.9 Å². The molecule has 0 radical (unpaired) electrons. The van der Waals surface area contributed by atoms with Crippen molar-refractivity contribution in [2.24, 2.45) is 0 Å². The first-order valence-electron chi connectivity index (χ1n) is 8.77. The second-order valence-electron chi connectivity index (χ2n) is 6.55. The van der Waals surface area contributed by atoms with Gasteiger partial charge in [-0.25, -0.2) is 4.79 Å². The molecule has 2 aliphatic rings. The van der Waals surface area contributed by atoms with Gasteiger partial charge in [-0.3, -0.25) is 19.8 Å². The molecule has 7 heteroatoms. The molecule has 1 atom stereocenters. The van der Waals surface area contributed by atoms with Crippen molar-refractivity contribution in [1.29, 1.82) is 0 Å². The summed E-state index contributed by atoms with van der Waals surface area (Å²) in [4.78, 5) is 39.3. The van der Waals surface area contributed by atoms with Gasteiger partial charge in [0, 0.05) is 39.1 Å². The van der Waals surface area contributed by atoms with Gasteiger partial charge in [0.05, 0.1) is 0 Å². The lowest BCUT2D eigenvalue weighted by Crippen LogP contribution is -2.37. The number of nitrogens with zero attached hydrogens (tertiary/aromatic N) is 2. The Kier molecular flexibility index (Phi) is 5.65. The molecule has 4 amide bonds. The minimum Gasteiger partial charge on any atom is -0.341 e. The smallest absolute Gasteiger partial charge is 0.322 e. The molecule has 3 rings (SSSR count). The Balaban J connectivity index is 1.45. The largest absolute Gasteiger partial charge is 0.341 e. The SMILES string of the molecule is O=C1NC(=O)C(CCC(=O)N2CCCN(Cc3ccccc3)CC2)N1. The predicted octanol–water partition coefficient (Wildman–Crippen LogP) is 0.709. The summed E-state index contributed by atoms with van der Waals surface area (Å²) in [7, 11) is 0. The molecular weight excluding hydrogens is 320 g/mol. The zero-order chi connectivity index (χ0) is 17.6. The van der Waals surface area contributed by atoms with E-state index < -0.39 is 12.1 Å². The third-order valence-electron chi connectivity index (χ3n) is 4.70. The van der Waals surface area contributed by atoms with Crippen LogP contribution >= 0.6 is 0 Å². The van der Waals surface area contributed by atoms with E-state index in [1.165, 1.54) is 5.56 Å². The van der Waals surface area contributed by atoms with E-state index in [2.05, 4.69) is 27.7 Å². The van der Waals surface area contributed by atoms with Crippen LogP contribution in [0.2, 0.25) is 0 Å². The van der Waals surface area contributed by atoms with Crippen LogP contribution in [-0.2, 0) is 16.1 Å². The van der Waals surface area contributed by atoms with E-state index in [-0.39, 0.29) is 18.2 Å². The van der Waals surface area contributed by atoms with Crippen LogP contribution in [0.5, 0.6) is 0 Å². The fraction of sp³-hybridized carbons (Fsp3) is 0.500. The Labute approximate surface area is 147 Å². The molecule has 1 aromatic carbocycles. The number of carbonyl (C=O) groups excluding carboxylic acids is 3. The third-order valence-corrected chi connectivity index (χ3v) is 4.70.